The number of benzene rings is 2. The van der Waals surface area contributed by atoms with Crippen molar-refractivity contribution in [1.82, 2.24) is 25.1 Å². The number of carbonyl (C=O) groups excluding carboxylic acids is 2. The van der Waals surface area contributed by atoms with Gasteiger partial charge in [0, 0.05) is 29.7 Å². The summed E-state index contributed by atoms with van der Waals surface area (Å²) in [5.74, 6) is 0.235. The largest absolute Gasteiger partial charge is 0.342 e. The summed E-state index contributed by atoms with van der Waals surface area (Å²) < 4.78 is 0. The lowest BCUT2D eigenvalue weighted by molar-refractivity contribution is 0.0716. The highest BCUT2D eigenvalue weighted by atomic mass is 35.5. The molecule has 174 valence electrons. The average Bonchev–Trinajstić information content (AvgIpc) is 3.39. The smallest absolute Gasteiger partial charge is 0.255 e. The second-order valence-electron chi connectivity index (χ2n) is 8.73. The summed E-state index contributed by atoms with van der Waals surface area (Å²) in [6.07, 6.45) is 1.96. The molecule has 2 N–H and O–H groups in total. The lowest BCUT2D eigenvalue weighted by Gasteiger charge is -2.27. The zero-order valence-electron chi connectivity index (χ0n) is 18.9. The summed E-state index contributed by atoms with van der Waals surface area (Å²) in [5, 5.41) is 3.81. The molecule has 1 saturated heterocycles. The number of imidazole rings is 1. The molecule has 2 atom stereocenters. The van der Waals surface area contributed by atoms with Crippen LogP contribution in [0.5, 0.6) is 0 Å². The summed E-state index contributed by atoms with van der Waals surface area (Å²) in [6, 6.07) is 10.0. The number of nitrogens with zero attached hydrogens (tertiary/aromatic N) is 3. The van der Waals surface area contributed by atoms with Crippen LogP contribution in [-0.2, 0) is 0 Å². The molecule has 33 heavy (non-hydrogen) atoms. The molecule has 2 amide bonds. The number of hydrogen-bond donors (Lipinski definition) is 2. The Morgan fingerprint density at radius 3 is 2.76 bits per heavy atom. The van der Waals surface area contributed by atoms with E-state index in [0.29, 0.717) is 22.0 Å². The lowest BCUT2D eigenvalue weighted by atomic mass is 10.1. The van der Waals surface area contributed by atoms with Gasteiger partial charge in [-0.15, -0.1) is 0 Å². The molecule has 1 aliphatic rings. The Morgan fingerprint density at radius 2 is 2.03 bits per heavy atom. The van der Waals surface area contributed by atoms with E-state index in [1.165, 1.54) is 0 Å². The molecule has 1 fully saturated rings. The van der Waals surface area contributed by atoms with E-state index in [1.54, 1.807) is 30.3 Å². The van der Waals surface area contributed by atoms with E-state index >= 15 is 0 Å². The van der Waals surface area contributed by atoms with Gasteiger partial charge in [0.15, 0.2) is 0 Å². The predicted octanol–water partition coefficient (Wildman–Crippen LogP) is 4.53. The fourth-order valence-electron chi connectivity index (χ4n) is 4.25. The van der Waals surface area contributed by atoms with E-state index in [2.05, 4.69) is 20.2 Å². The summed E-state index contributed by atoms with van der Waals surface area (Å²) in [4.78, 5) is 37.6. The van der Waals surface area contributed by atoms with Crippen LogP contribution in [0.1, 0.15) is 52.3 Å². The van der Waals surface area contributed by atoms with Crippen molar-refractivity contribution in [3.63, 3.8) is 0 Å². The maximum atomic E-state index is 13.1. The van der Waals surface area contributed by atoms with E-state index < -0.39 is 0 Å². The molecule has 0 radical (unpaired) electrons. The van der Waals surface area contributed by atoms with Gasteiger partial charge in [0.05, 0.1) is 27.7 Å². The van der Waals surface area contributed by atoms with E-state index in [9.17, 15) is 9.59 Å². The van der Waals surface area contributed by atoms with Crippen LogP contribution in [0.3, 0.4) is 0 Å². The maximum Gasteiger partial charge on any atom is 0.255 e. The van der Waals surface area contributed by atoms with Crippen LogP contribution in [0.2, 0.25) is 10.0 Å². The SMILES string of the molecule is C[C@H](NC(=O)c1ccc(C(=O)N2CCC[C@H]2CN(C)C)c(Cl)c1)c1nc2ccc(Cl)cc2[nH]1. The fourth-order valence-corrected chi connectivity index (χ4v) is 4.69. The fraction of sp³-hybridized carbons (Fsp3) is 0.375. The van der Waals surface area contributed by atoms with Crippen LogP contribution >= 0.6 is 23.2 Å². The zero-order chi connectivity index (χ0) is 23.7. The molecule has 2 aromatic carbocycles. The third-order valence-electron chi connectivity index (χ3n) is 5.90. The summed E-state index contributed by atoms with van der Waals surface area (Å²) in [5.41, 5.74) is 2.38. The number of likely N-dealkylation sites (N-methyl/N-ethyl adjacent to an activating group) is 1. The Bertz CT molecular complexity index is 1190. The highest BCUT2D eigenvalue weighted by Crippen LogP contribution is 2.26. The van der Waals surface area contributed by atoms with Crippen LogP contribution in [0, 0.1) is 0 Å². The summed E-state index contributed by atoms with van der Waals surface area (Å²) >= 11 is 12.5. The van der Waals surface area contributed by atoms with Crippen LogP contribution in [0.15, 0.2) is 36.4 Å². The number of fused-ring (bicyclic) bond motifs is 1. The first kappa shape index (κ1) is 23.5. The van der Waals surface area contributed by atoms with Crippen molar-refractivity contribution in [2.45, 2.75) is 31.8 Å². The standard InChI is InChI=1S/C24H27Cl2N5O2/c1-14(22-28-20-9-7-16(25)12-21(20)29-22)27-23(32)15-6-8-18(19(26)11-15)24(33)31-10-4-5-17(31)13-30(2)3/h6-9,11-12,14,17H,4-5,10,13H2,1-3H3,(H,27,32)(H,28,29)/t14-,17-/m0/s1. The molecule has 9 heteroatoms. The lowest BCUT2D eigenvalue weighted by Crippen LogP contribution is -2.41. The number of rotatable bonds is 6. The number of H-pyrrole nitrogens is 1. The maximum absolute atomic E-state index is 13.1. The van der Waals surface area contributed by atoms with Crippen molar-refractivity contribution in [2.75, 3.05) is 27.2 Å². The molecule has 0 saturated carbocycles. The molecule has 0 aliphatic carbocycles. The van der Waals surface area contributed by atoms with Gasteiger partial charge >= 0.3 is 0 Å². The Hall–Kier alpha value is -2.61. The number of likely N-dealkylation sites (tertiary alicyclic amines) is 1. The van der Waals surface area contributed by atoms with Crippen LogP contribution in [0.4, 0.5) is 0 Å². The predicted molar refractivity (Wildman–Crippen MR) is 131 cm³/mol. The van der Waals surface area contributed by atoms with Crippen molar-refractivity contribution < 1.29 is 9.59 Å². The Balaban J connectivity index is 1.46. The molecule has 0 bridgehead atoms. The first-order valence-electron chi connectivity index (χ1n) is 10.9. The van der Waals surface area contributed by atoms with Gasteiger partial charge < -0.3 is 20.1 Å². The van der Waals surface area contributed by atoms with Crippen molar-refractivity contribution in [3.05, 3.63) is 63.4 Å². The first-order chi connectivity index (χ1) is 15.7. The Kier molecular flexibility index (Phi) is 6.93. The summed E-state index contributed by atoms with van der Waals surface area (Å²) in [7, 11) is 4.01. The molecule has 0 spiro atoms. The van der Waals surface area contributed by atoms with Gasteiger partial charge in [0.25, 0.3) is 11.8 Å². The summed E-state index contributed by atoms with van der Waals surface area (Å²) in [6.45, 7) is 3.38. The first-order valence-corrected chi connectivity index (χ1v) is 11.7. The van der Waals surface area contributed by atoms with Crippen LogP contribution < -0.4 is 5.32 Å². The number of nitrogens with one attached hydrogen (secondary N) is 2. The van der Waals surface area contributed by atoms with E-state index in [-0.39, 0.29) is 28.9 Å². The van der Waals surface area contributed by atoms with Gasteiger partial charge in [-0.05, 0) is 70.3 Å². The van der Waals surface area contributed by atoms with E-state index in [0.717, 1.165) is 37.0 Å². The van der Waals surface area contributed by atoms with Crippen LogP contribution in [0.25, 0.3) is 11.0 Å². The number of aromatic amines is 1. The average molecular weight is 488 g/mol. The third kappa shape index (κ3) is 5.16. The molecule has 3 aromatic rings. The number of halogens is 2. The van der Waals surface area contributed by atoms with Gasteiger partial charge in [0.1, 0.15) is 5.82 Å². The molecule has 4 rings (SSSR count). The number of aromatic nitrogens is 2. The quantitative estimate of drug-likeness (QED) is 0.535. The Morgan fingerprint density at radius 1 is 1.24 bits per heavy atom. The van der Waals surface area contributed by atoms with Crippen molar-refractivity contribution >= 4 is 46.0 Å². The molecule has 1 aliphatic heterocycles. The van der Waals surface area contributed by atoms with Crippen molar-refractivity contribution in [3.8, 4) is 0 Å². The minimum atomic E-state index is -0.361. The molecule has 0 unspecified atom stereocenters. The van der Waals surface area contributed by atoms with E-state index in [1.807, 2.05) is 32.0 Å². The van der Waals surface area contributed by atoms with Crippen molar-refractivity contribution in [2.24, 2.45) is 0 Å². The van der Waals surface area contributed by atoms with Gasteiger partial charge in [0.2, 0.25) is 0 Å². The van der Waals surface area contributed by atoms with Gasteiger partial charge in [-0.25, -0.2) is 4.98 Å². The molecular weight excluding hydrogens is 461 g/mol. The topological polar surface area (TPSA) is 81.3 Å². The number of hydrogen-bond acceptors (Lipinski definition) is 4. The normalized spacial score (nSPS) is 17.0. The zero-order valence-corrected chi connectivity index (χ0v) is 20.4. The van der Waals surface area contributed by atoms with Gasteiger partial charge in [-0.1, -0.05) is 23.2 Å². The monoisotopic (exact) mass is 487 g/mol. The van der Waals surface area contributed by atoms with Gasteiger partial charge in [-0.3, -0.25) is 9.59 Å². The third-order valence-corrected chi connectivity index (χ3v) is 6.44. The molecule has 2 heterocycles. The molecule has 7 nitrogen and oxygen atoms in total. The Labute approximate surface area is 203 Å². The molecular formula is C24H27Cl2N5O2. The highest BCUT2D eigenvalue weighted by Gasteiger charge is 2.31. The van der Waals surface area contributed by atoms with Crippen LogP contribution in [-0.4, -0.2) is 64.8 Å². The van der Waals surface area contributed by atoms with Gasteiger partial charge in [-0.2, -0.15) is 0 Å². The minimum Gasteiger partial charge on any atom is -0.342 e. The highest BCUT2D eigenvalue weighted by molar-refractivity contribution is 6.34. The number of carbonyl (C=O) groups is 2. The number of amides is 2. The molecule has 1 aromatic heterocycles. The van der Waals surface area contributed by atoms with E-state index in [4.69, 9.17) is 23.2 Å². The minimum absolute atomic E-state index is 0.0920. The van der Waals surface area contributed by atoms with Crippen molar-refractivity contribution in [1.29, 1.82) is 0 Å². The second-order valence-corrected chi connectivity index (χ2v) is 9.57. The second kappa shape index (κ2) is 9.71.